The van der Waals surface area contributed by atoms with Gasteiger partial charge in [0.1, 0.15) is 0 Å². The molecule has 0 fully saturated rings. The Bertz CT molecular complexity index is 1070. The van der Waals surface area contributed by atoms with Crippen molar-refractivity contribution in [3.05, 3.63) is 64.2 Å². The van der Waals surface area contributed by atoms with Crippen LogP contribution in [-0.2, 0) is 34.0 Å². The lowest BCUT2D eigenvalue weighted by Gasteiger charge is -2.16. The number of anilines is 1. The molecule has 2 aromatic rings. The second-order valence-electron chi connectivity index (χ2n) is 7.26. The summed E-state index contributed by atoms with van der Waals surface area (Å²) in [6.07, 6.45) is 4.84. The molecule has 1 aliphatic carbocycles. The van der Waals surface area contributed by atoms with Gasteiger partial charge in [-0.1, -0.05) is 12.1 Å². The average molecular weight is 399 g/mol. The van der Waals surface area contributed by atoms with E-state index in [-0.39, 0.29) is 12.4 Å². The van der Waals surface area contributed by atoms with Crippen molar-refractivity contribution in [1.82, 2.24) is 0 Å². The SMILES string of the molecule is CS(=O)(=O)N1CCc2cc(C(=O)OCC(=O)c3ccc4c(c3)CCC4)ccc21. The minimum Gasteiger partial charge on any atom is -0.454 e. The van der Waals surface area contributed by atoms with E-state index in [4.69, 9.17) is 4.74 Å². The van der Waals surface area contributed by atoms with Crippen molar-refractivity contribution in [2.75, 3.05) is 23.7 Å². The fourth-order valence-electron chi connectivity index (χ4n) is 3.89. The molecule has 7 heteroatoms. The second kappa shape index (κ2) is 7.05. The van der Waals surface area contributed by atoms with Gasteiger partial charge >= 0.3 is 5.97 Å². The lowest BCUT2D eigenvalue weighted by atomic mass is 10.0. The van der Waals surface area contributed by atoms with Crippen molar-refractivity contribution in [1.29, 1.82) is 0 Å². The number of carbonyl (C=O) groups is 2. The van der Waals surface area contributed by atoms with Crippen LogP contribution in [0.1, 0.15) is 43.8 Å². The van der Waals surface area contributed by atoms with E-state index in [2.05, 4.69) is 0 Å². The first-order chi connectivity index (χ1) is 13.3. The van der Waals surface area contributed by atoms with Gasteiger partial charge in [-0.2, -0.15) is 0 Å². The number of hydrogen-bond donors (Lipinski definition) is 0. The lowest BCUT2D eigenvalue weighted by Crippen LogP contribution is -2.27. The highest BCUT2D eigenvalue weighted by Crippen LogP contribution is 2.31. The van der Waals surface area contributed by atoms with E-state index in [0.29, 0.717) is 29.8 Å². The summed E-state index contributed by atoms with van der Waals surface area (Å²) >= 11 is 0. The molecular formula is C21H21NO5S. The Morgan fingerprint density at radius 3 is 2.46 bits per heavy atom. The minimum atomic E-state index is -3.33. The van der Waals surface area contributed by atoms with Crippen LogP contribution in [0, 0.1) is 0 Å². The summed E-state index contributed by atoms with van der Waals surface area (Å²) in [5.74, 6) is -0.817. The predicted octanol–water partition coefficient (Wildman–Crippen LogP) is 2.54. The molecule has 0 amide bonds. The number of carbonyl (C=O) groups excluding carboxylic acids is 2. The molecule has 0 saturated heterocycles. The number of sulfonamides is 1. The summed E-state index contributed by atoms with van der Waals surface area (Å²) in [4.78, 5) is 24.7. The van der Waals surface area contributed by atoms with Crippen molar-refractivity contribution in [3.63, 3.8) is 0 Å². The van der Waals surface area contributed by atoms with E-state index >= 15 is 0 Å². The maximum atomic E-state index is 12.4. The van der Waals surface area contributed by atoms with Crippen LogP contribution in [0.25, 0.3) is 0 Å². The Balaban J connectivity index is 1.43. The van der Waals surface area contributed by atoms with Crippen LogP contribution in [0.2, 0.25) is 0 Å². The van der Waals surface area contributed by atoms with Crippen LogP contribution in [0.5, 0.6) is 0 Å². The number of hydrogen-bond acceptors (Lipinski definition) is 5. The van der Waals surface area contributed by atoms with E-state index in [9.17, 15) is 18.0 Å². The quantitative estimate of drug-likeness (QED) is 0.570. The lowest BCUT2D eigenvalue weighted by molar-refractivity contribution is 0.0474. The van der Waals surface area contributed by atoms with E-state index < -0.39 is 16.0 Å². The molecule has 0 saturated carbocycles. The molecule has 2 aliphatic rings. The van der Waals surface area contributed by atoms with Crippen LogP contribution in [-0.4, -0.2) is 39.6 Å². The Morgan fingerprint density at radius 2 is 1.68 bits per heavy atom. The summed E-state index contributed by atoms with van der Waals surface area (Å²) in [5.41, 5.74) is 4.74. The maximum absolute atomic E-state index is 12.4. The van der Waals surface area contributed by atoms with Crippen LogP contribution in [0.15, 0.2) is 36.4 Å². The summed E-state index contributed by atoms with van der Waals surface area (Å²) < 4.78 is 30.1. The van der Waals surface area contributed by atoms with Crippen molar-refractivity contribution in [2.45, 2.75) is 25.7 Å². The minimum absolute atomic E-state index is 0.229. The molecular weight excluding hydrogens is 378 g/mol. The fourth-order valence-corrected chi connectivity index (χ4v) is 4.84. The van der Waals surface area contributed by atoms with Gasteiger partial charge in [-0.15, -0.1) is 0 Å². The normalized spacial score (nSPS) is 15.2. The molecule has 0 atom stereocenters. The topological polar surface area (TPSA) is 80.8 Å². The van der Waals surface area contributed by atoms with Crippen LogP contribution >= 0.6 is 0 Å². The largest absolute Gasteiger partial charge is 0.454 e. The average Bonchev–Trinajstić information content (AvgIpc) is 3.30. The first-order valence-electron chi connectivity index (χ1n) is 9.26. The molecule has 1 heterocycles. The van der Waals surface area contributed by atoms with Crippen molar-refractivity contribution in [3.8, 4) is 0 Å². The zero-order chi connectivity index (χ0) is 19.9. The van der Waals surface area contributed by atoms with Gasteiger partial charge in [0, 0.05) is 12.1 Å². The van der Waals surface area contributed by atoms with Crippen LogP contribution < -0.4 is 4.31 Å². The van der Waals surface area contributed by atoms with Crippen molar-refractivity contribution >= 4 is 27.5 Å². The third kappa shape index (κ3) is 3.54. The van der Waals surface area contributed by atoms with Gasteiger partial charge in [0.25, 0.3) is 0 Å². The van der Waals surface area contributed by atoms with Crippen LogP contribution in [0.4, 0.5) is 5.69 Å². The zero-order valence-corrected chi connectivity index (χ0v) is 16.4. The molecule has 0 aromatic heterocycles. The highest BCUT2D eigenvalue weighted by atomic mass is 32.2. The standard InChI is InChI=1S/C21H21NO5S/c1-28(25,26)22-10-9-16-12-18(7-8-19(16)22)21(24)27-13-20(23)17-6-5-14-3-2-4-15(14)11-17/h5-8,11-12H,2-4,9-10,13H2,1H3. The van der Waals surface area contributed by atoms with E-state index in [0.717, 1.165) is 31.1 Å². The number of rotatable bonds is 5. The number of ether oxygens (including phenoxy) is 1. The van der Waals surface area contributed by atoms with Gasteiger partial charge < -0.3 is 4.74 Å². The van der Waals surface area contributed by atoms with Crippen molar-refractivity contribution in [2.24, 2.45) is 0 Å². The van der Waals surface area contributed by atoms with E-state index in [1.165, 1.54) is 21.5 Å². The van der Waals surface area contributed by atoms with Gasteiger partial charge in [-0.25, -0.2) is 13.2 Å². The Morgan fingerprint density at radius 1 is 0.964 bits per heavy atom. The molecule has 28 heavy (non-hydrogen) atoms. The van der Waals surface area contributed by atoms with Gasteiger partial charge in [-0.3, -0.25) is 9.10 Å². The van der Waals surface area contributed by atoms with E-state index in [1.54, 1.807) is 18.2 Å². The summed E-state index contributed by atoms with van der Waals surface area (Å²) in [6.45, 7) is 0.0493. The molecule has 0 N–H and O–H groups in total. The molecule has 4 rings (SSSR count). The Kier molecular flexibility index (Phi) is 4.71. The Hall–Kier alpha value is -2.67. The summed E-state index contributed by atoms with van der Waals surface area (Å²) in [5, 5.41) is 0. The molecule has 0 spiro atoms. The number of fused-ring (bicyclic) bond motifs is 2. The summed E-state index contributed by atoms with van der Waals surface area (Å²) in [6, 6.07) is 10.4. The molecule has 2 aromatic carbocycles. The molecule has 6 nitrogen and oxygen atoms in total. The fraction of sp³-hybridized carbons (Fsp3) is 0.333. The van der Waals surface area contributed by atoms with Crippen LogP contribution in [0.3, 0.4) is 0 Å². The maximum Gasteiger partial charge on any atom is 0.338 e. The van der Waals surface area contributed by atoms with E-state index in [1.807, 2.05) is 12.1 Å². The number of esters is 1. The van der Waals surface area contributed by atoms with Gasteiger partial charge in [0.05, 0.1) is 17.5 Å². The zero-order valence-electron chi connectivity index (χ0n) is 15.6. The Labute approximate surface area is 164 Å². The molecule has 146 valence electrons. The summed E-state index contributed by atoms with van der Waals surface area (Å²) in [7, 11) is -3.33. The third-order valence-electron chi connectivity index (χ3n) is 5.32. The third-order valence-corrected chi connectivity index (χ3v) is 6.50. The number of benzene rings is 2. The molecule has 0 bridgehead atoms. The molecule has 0 radical (unpaired) electrons. The number of nitrogens with zero attached hydrogens (tertiary/aromatic N) is 1. The first kappa shape index (κ1) is 18.7. The van der Waals surface area contributed by atoms with Gasteiger partial charge in [0.15, 0.2) is 12.4 Å². The predicted molar refractivity (Wildman–Crippen MR) is 105 cm³/mol. The van der Waals surface area contributed by atoms with Gasteiger partial charge in [-0.05, 0) is 66.6 Å². The monoisotopic (exact) mass is 399 g/mol. The van der Waals surface area contributed by atoms with Crippen molar-refractivity contribution < 1.29 is 22.7 Å². The molecule has 1 aliphatic heterocycles. The number of ketones is 1. The highest BCUT2D eigenvalue weighted by Gasteiger charge is 2.27. The first-order valence-corrected chi connectivity index (χ1v) is 11.1. The van der Waals surface area contributed by atoms with Gasteiger partial charge in [0.2, 0.25) is 10.0 Å². The highest BCUT2D eigenvalue weighted by molar-refractivity contribution is 7.92. The second-order valence-corrected chi connectivity index (χ2v) is 9.17. The number of aryl methyl sites for hydroxylation is 2. The molecule has 0 unspecified atom stereocenters. The number of Topliss-reactive ketones (excluding diaryl/α,β-unsaturated/α-hetero) is 1. The smallest absolute Gasteiger partial charge is 0.338 e.